The summed E-state index contributed by atoms with van der Waals surface area (Å²) >= 11 is 0. The Kier molecular flexibility index (Phi) is 1.51. The molecule has 0 amide bonds. The van der Waals surface area contributed by atoms with Crippen molar-refractivity contribution < 1.29 is 13.7 Å². The van der Waals surface area contributed by atoms with Crippen LogP contribution in [0.4, 0.5) is 10.1 Å². The number of hydrogen-bond acceptors (Lipinski definition) is 3. The molecule has 0 aliphatic carbocycles. The van der Waals surface area contributed by atoms with Gasteiger partial charge in [-0.05, 0) is 12.1 Å². The van der Waals surface area contributed by atoms with Gasteiger partial charge in [0.1, 0.15) is 5.82 Å². The molecule has 0 saturated heterocycles. The second kappa shape index (κ2) is 2.55. The molecule has 66 valence electrons. The lowest BCUT2D eigenvalue weighted by molar-refractivity contribution is -0.383. The monoisotopic (exact) mass is 181 g/mol. The molecule has 0 spiro atoms. The molecule has 0 radical (unpaired) electrons. The summed E-state index contributed by atoms with van der Waals surface area (Å²) in [6, 6.07) is 3.50. The zero-order chi connectivity index (χ0) is 9.42. The maximum Gasteiger partial charge on any atom is 0.315 e. The van der Waals surface area contributed by atoms with Crippen LogP contribution in [0.25, 0.3) is 11.0 Å². The fourth-order valence-corrected chi connectivity index (χ4v) is 1.16. The minimum absolute atomic E-state index is 0.103. The van der Waals surface area contributed by atoms with Crippen molar-refractivity contribution in [2.75, 3.05) is 0 Å². The van der Waals surface area contributed by atoms with Crippen molar-refractivity contribution in [3.8, 4) is 0 Å². The molecule has 2 rings (SSSR count). The zero-order valence-electron chi connectivity index (χ0n) is 6.36. The number of fused-ring (bicyclic) bond motifs is 1. The van der Waals surface area contributed by atoms with Gasteiger partial charge >= 0.3 is 5.69 Å². The van der Waals surface area contributed by atoms with Crippen LogP contribution in [0.5, 0.6) is 0 Å². The molecular formula is C8H4FNO3. The van der Waals surface area contributed by atoms with Gasteiger partial charge in [0.2, 0.25) is 5.58 Å². The van der Waals surface area contributed by atoms with Crippen molar-refractivity contribution >= 4 is 16.7 Å². The smallest absolute Gasteiger partial charge is 0.315 e. The van der Waals surface area contributed by atoms with Crippen molar-refractivity contribution in [3.05, 3.63) is 40.4 Å². The van der Waals surface area contributed by atoms with E-state index in [1.807, 2.05) is 0 Å². The minimum atomic E-state index is -0.672. The quantitative estimate of drug-likeness (QED) is 0.501. The number of nitro benzene ring substituents is 1. The van der Waals surface area contributed by atoms with Gasteiger partial charge in [-0.25, -0.2) is 4.39 Å². The fourth-order valence-electron chi connectivity index (χ4n) is 1.16. The van der Waals surface area contributed by atoms with Crippen LogP contribution in [0.1, 0.15) is 0 Å². The molecule has 0 bridgehead atoms. The van der Waals surface area contributed by atoms with E-state index in [1.165, 1.54) is 18.4 Å². The Hall–Kier alpha value is -1.91. The Balaban J connectivity index is 2.84. The molecule has 2 aromatic rings. The van der Waals surface area contributed by atoms with Gasteiger partial charge < -0.3 is 4.42 Å². The molecule has 1 aromatic carbocycles. The largest absolute Gasteiger partial charge is 0.457 e. The topological polar surface area (TPSA) is 56.3 Å². The van der Waals surface area contributed by atoms with E-state index in [1.54, 1.807) is 0 Å². The summed E-state index contributed by atoms with van der Waals surface area (Å²) in [7, 11) is 0. The Morgan fingerprint density at radius 2 is 2.23 bits per heavy atom. The highest BCUT2D eigenvalue weighted by molar-refractivity contribution is 5.85. The number of halogens is 1. The number of furan rings is 1. The summed E-state index contributed by atoms with van der Waals surface area (Å²) in [5.74, 6) is -0.638. The van der Waals surface area contributed by atoms with Crippen LogP contribution in [-0.4, -0.2) is 4.92 Å². The van der Waals surface area contributed by atoms with Crippen LogP contribution in [0.3, 0.4) is 0 Å². The first-order chi connectivity index (χ1) is 6.18. The van der Waals surface area contributed by atoms with Crippen molar-refractivity contribution in [3.63, 3.8) is 0 Å². The maximum atomic E-state index is 12.8. The number of nitro groups is 1. The van der Waals surface area contributed by atoms with Gasteiger partial charge in [-0.1, -0.05) is 0 Å². The number of benzene rings is 1. The lowest BCUT2D eigenvalue weighted by Gasteiger charge is -1.92. The molecule has 0 N–H and O–H groups in total. The Morgan fingerprint density at radius 1 is 1.46 bits per heavy atom. The summed E-state index contributed by atoms with van der Waals surface area (Å²) in [5.41, 5.74) is -0.244. The van der Waals surface area contributed by atoms with Gasteiger partial charge in [0.15, 0.2) is 0 Å². The van der Waals surface area contributed by atoms with Crippen LogP contribution in [0.15, 0.2) is 28.9 Å². The third-order valence-corrected chi connectivity index (χ3v) is 1.69. The van der Waals surface area contributed by atoms with Gasteiger partial charge in [0.05, 0.1) is 17.3 Å². The second-order valence-electron chi connectivity index (χ2n) is 2.52. The molecule has 0 unspecified atom stereocenters. The number of nitrogens with zero attached hydrogens (tertiary/aromatic N) is 1. The van der Waals surface area contributed by atoms with Gasteiger partial charge in [0, 0.05) is 5.39 Å². The average Bonchev–Trinajstić information content (AvgIpc) is 2.49. The van der Waals surface area contributed by atoms with Crippen molar-refractivity contribution in [2.45, 2.75) is 0 Å². The summed E-state index contributed by atoms with van der Waals surface area (Å²) in [6.07, 6.45) is 1.29. The number of non-ortho nitro benzene ring substituents is 1. The van der Waals surface area contributed by atoms with Crippen molar-refractivity contribution in [1.82, 2.24) is 0 Å². The summed E-state index contributed by atoms with van der Waals surface area (Å²) < 4.78 is 17.6. The van der Waals surface area contributed by atoms with Crippen LogP contribution < -0.4 is 0 Å². The van der Waals surface area contributed by atoms with Gasteiger partial charge in [-0.2, -0.15) is 0 Å². The second-order valence-corrected chi connectivity index (χ2v) is 2.52. The standard InChI is InChI=1S/C8H4FNO3/c9-6-3-5-1-2-13-8(5)7(4-6)10(11)12/h1-4H. The van der Waals surface area contributed by atoms with E-state index >= 15 is 0 Å². The lowest BCUT2D eigenvalue weighted by atomic mass is 10.2. The van der Waals surface area contributed by atoms with Crippen LogP contribution in [0, 0.1) is 15.9 Å². The van der Waals surface area contributed by atoms with E-state index in [0.717, 1.165) is 6.07 Å². The molecule has 0 fully saturated rings. The molecule has 0 aliphatic heterocycles. The molecule has 1 heterocycles. The van der Waals surface area contributed by atoms with Crippen molar-refractivity contribution in [1.29, 1.82) is 0 Å². The van der Waals surface area contributed by atoms with Crippen LogP contribution in [-0.2, 0) is 0 Å². The lowest BCUT2D eigenvalue weighted by Crippen LogP contribution is -1.89. The predicted molar refractivity (Wildman–Crippen MR) is 42.8 cm³/mol. The van der Waals surface area contributed by atoms with Crippen LogP contribution in [0.2, 0.25) is 0 Å². The molecule has 0 atom stereocenters. The SMILES string of the molecule is O=[N+]([O-])c1cc(F)cc2ccoc12. The molecule has 0 aliphatic rings. The highest BCUT2D eigenvalue weighted by atomic mass is 19.1. The normalized spacial score (nSPS) is 10.5. The van der Waals surface area contributed by atoms with E-state index in [4.69, 9.17) is 4.42 Å². The van der Waals surface area contributed by atoms with E-state index < -0.39 is 10.7 Å². The Morgan fingerprint density at radius 3 is 2.92 bits per heavy atom. The third-order valence-electron chi connectivity index (χ3n) is 1.69. The maximum absolute atomic E-state index is 12.8. The summed E-state index contributed by atoms with van der Waals surface area (Å²) in [5, 5.41) is 10.8. The molecule has 13 heavy (non-hydrogen) atoms. The van der Waals surface area contributed by atoms with E-state index in [2.05, 4.69) is 0 Å². The average molecular weight is 181 g/mol. The van der Waals surface area contributed by atoms with Crippen LogP contribution >= 0.6 is 0 Å². The first kappa shape index (κ1) is 7.72. The highest BCUT2D eigenvalue weighted by Gasteiger charge is 2.16. The van der Waals surface area contributed by atoms with Gasteiger partial charge in [0.25, 0.3) is 0 Å². The predicted octanol–water partition coefficient (Wildman–Crippen LogP) is 2.48. The van der Waals surface area contributed by atoms with Crippen molar-refractivity contribution in [2.24, 2.45) is 0 Å². The number of hydrogen-bond donors (Lipinski definition) is 0. The third kappa shape index (κ3) is 1.14. The van der Waals surface area contributed by atoms with Gasteiger partial charge in [-0.3, -0.25) is 10.1 Å². The zero-order valence-corrected chi connectivity index (χ0v) is 6.36. The van der Waals surface area contributed by atoms with E-state index in [0.29, 0.717) is 5.39 Å². The first-order valence-electron chi connectivity index (χ1n) is 3.49. The van der Waals surface area contributed by atoms with Gasteiger partial charge in [-0.15, -0.1) is 0 Å². The van der Waals surface area contributed by atoms with E-state index in [-0.39, 0.29) is 11.3 Å². The molecule has 1 aromatic heterocycles. The summed E-state index contributed by atoms with van der Waals surface area (Å²) in [4.78, 5) is 9.77. The molecule has 0 saturated carbocycles. The Labute approximate surface area is 71.7 Å². The van der Waals surface area contributed by atoms with E-state index in [9.17, 15) is 14.5 Å². The highest BCUT2D eigenvalue weighted by Crippen LogP contribution is 2.27. The minimum Gasteiger partial charge on any atom is -0.457 e. The molecular weight excluding hydrogens is 177 g/mol. The fraction of sp³-hybridized carbons (Fsp3) is 0. The molecule has 4 nitrogen and oxygen atoms in total. The summed E-state index contributed by atoms with van der Waals surface area (Å²) in [6.45, 7) is 0. The Bertz CT molecular complexity index is 477. The number of rotatable bonds is 1. The first-order valence-corrected chi connectivity index (χ1v) is 3.49. The molecule has 5 heteroatoms.